The van der Waals surface area contributed by atoms with Crippen molar-refractivity contribution in [2.75, 3.05) is 0 Å². The van der Waals surface area contributed by atoms with Gasteiger partial charge in [-0.1, -0.05) is 11.6 Å². The minimum absolute atomic E-state index is 0.0440. The highest BCUT2D eigenvalue weighted by molar-refractivity contribution is 7.80. The third-order valence-corrected chi connectivity index (χ3v) is 2.67. The van der Waals surface area contributed by atoms with Gasteiger partial charge in [-0.05, 0) is 36.5 Å². The van der Waals surface area contributed by atoms with Crippen molar-refractivity contribution in [3.8, 4) is 5.75 Å². The van der Waals surface area contributed by atoms with Crippen molar-refractivity contribution < 1.29 is 14.7 Å². The molecule has 1 saturated heterocycles. The maximum atomic E-state index is 11.6. The number of benzene rings is 1. The number of halogens is 1. The van der Waals surface area contributed by atoms with E-state index in [-0.39, 0.29) is 22.0 Å². The zero-order chi connectivity index (χ0) is 13.3. The molecule has 0 spiro atoms. The summed E-state index contributed by atoms with van der Waals surface area (Å²) in [5.74, 6) is -1.33. The second-order valence-electron chi connectivity index (χ2n) is 3.50. The van der Waals surface area contributed by atoms with Gasteiger partial charge in [-0.25, -0.2) is 0 Å². The largest absolute Gasteiger partial charge is 0.507 e. The van der Waals surface area contributed by atoms with Crippen LogP contribution in [0.5, 0.6) is 5.75 Å². The van der Waals surface area contributed by atoms with Crippen molar-refractivity contribution in [3.63, 3.8) is 0 Å². The molecule has 0 radical (unpaired) electrons. The number of rotatable bonds is 1. The van der Waals surface area contributed by atoms with Crippen LogP contribution >= 0.6 is 23.8 Å². The van der Waals surface area contributed by atoms with Crippen molar-refractivity contribution in [2.45, 2.75) is 0 Å². The van der Waals surface area contributed by atoms with Crippen molar-refractivity contribution in [3.05, 3.63) is 34.4 Å². The van der Waals surface area contributed by atoms with Crippen LogP contribution in [0.3, 0.4) is 0 Å². The van der Waals surface area contributed by atoms with Gasteiger partial charge in [0.2, 0.25) is 0 Å². The van der Waals surface area contributed by atoms with E-state index in [1.54, 1.807) is 0 Å². The van der Waals surface area contributed by atoms with Crippen LogP contribution in [-0.4, -0.2) is 22.0 Å². The Kier molecular flexibility index (Phi) is 3.31. The number of carbonyl (C=O) groups is 2. The molecule has 5 nitrogen and oxygen atoms in total. The van der Waals surface area contributed by atoms with E-state index in [9.17, 15) is 14.7 Å². The molecule has 0 bridgehead atoms. The molecule has 18 heavy (non-hydrogen) atoms. The molecular weight excluding hydrogens is 276 g/mol. The Labute approximate surface area is 112 Å². The SMILES string of the molecule is O=C1NC(=S)NC(=O)C1=Cc1cc(Cl)ccc1O. The summed E-state index contributed by atoms with van der Waals surface area (Å²) < 4.78 is 0. The lowest BCUT2D eigenvalue weighted by Gasteiger charge is -2.16. The average Bonchev–Trinajstić information content (AvgIpc) is 2.28. The Morgan fingerprint density at radius 1 is 1.22 bits per heavy atom. The predicted molar refractivity (Wildman–Crippen MR) is 70.0 cm³/mol. The summed E-state index contributed by atoms with van der Waals surface area (Å²) in [6.07, 6.45) is 1.24. The van der Waals surface area contributed by atoms with Crippen molar-refractivity contribution in [1.82, 2.24) is 10.6 Å². The summed E-state index contributed by atoms with van der Waals surface area (Å²) in [5.41, 5.74) is 0.122. The number of phenolic OH excluding ortho intramolecular Hbond substituents is 1. The number of carbonyl (C=O) groups excluding carboxylic acids is 2. The van der Waals surface area contributed by atoms with Crippen LogP contribution in [0.2, 0.25) is 5.02 Å². The van der Waals surface area contributed by atoms with E-state index in [0.29, 0.717) is 5.02 Å². The molecule has 1 heterocycles. The van der Waals surface area contributed by atoms with E-state index in [4.69, 9.17) is 11.6 Å². The van der Waals surface area contributed by atoms with Gasteiger partial charge in [0.05, 0.1) is 0 Å². The fraction of sp³-hybridized carbons (Fsp3) is 0. The van der Waals surface area contributed by atoms with Crippen LogP contribution < -0.4 is 10.6 Å². The van der Waals surface area contributed by atoms with E-state index < -0.39 is 11.8 Å². The summed E-state index contributed by atoms with van der Waals surface area (Å²) in [7, 11) is 0. The average molecular weight is 283 g/mol. The molecule has 0 unspecified atom stereocenters. The first-order chi connectivity index (χ1) is 8.47. The van der Waals surface area contributed by atoms with Gasteiger partial charge in [-0.15, -0.1) is 0 Å². The molecular formula is C11H7ClN2O3S. The van der Waals surface area contributed by atoms with Gasteiger partial charge in [0.1, 0.15) is 11.3 Å². The predicted octanol–water partition coefficient (Wildman–Crippen LogP) is 0.960. The molecule has 1 aromatic rings. The van der Waals surface area contributed by atoms with Gasteiger partial charge in [-0.2, -0.15) is 0 Å². The van der Waals surface area contributed by atoms with Crippen LogP contribution in [0.1, 0.15) is 5.56 Å². The molecule has 7 heteroatoms. The Hall–Kier alpha value is -1.92. The highest BCUT2D eigenvalue weighted by atomic mass is 35.5. The van der Waals surface area contributed by atoms with Gasteiger partial charge < -0.3 is 5.11 Å². The molecule has 0 saturated carbocycles. The topological polar surface area (TPSA) is 78.4 Å². The van der Waals surface area contributed by atoms with Gasteiger partial charge in [0.15, 0.2) is 5.11 Å². The van der Waals surface area contributed by atoms with Crippen LogP contribution in [0.25, 0.3) is 6.08 Å². The van der Waals surface area contributed by atoms with Gasteiger partial charge in [0, 0.05) is 10.6 Å². The molecule has 1 aliphatic rings. The van der Waals surface area contributed by atoms with E-state index in [0.717, 1.165) is 0 Å². The van der Waals surface area contributed by atoms with Crippen LogP contribution in [0.15, 0.2) is 23.8 Å². The second-order valence-corrected chi connectivity index (χ2v) is 4.34. The Morgan fingerprint density at radius 3 is 2.44 bits per heavy atom. The number of nitrogens with one attached hydrogen (secondary N) is 2. The molecule has 0 aliphatic carbocycles. The fourth-order valence-corrected chi connectivity index (χ4v) is 1.77. The molecule has 3 N–H and O–H groups in total. The zero-order valence-electron chi connectivity index (χ0n) is 8.86. The second kappa shape index (κ2) is 4.75. The maximum absolute atomic E-state index is 11.6. The molecule has 1 aliphatic heterocycles. The Morgan fingerprint density at radius 2 is 1.83 bits per heavy atom. The smallest absolute Gasteiger partial charge is 0.263 e. The lowest BCUT2D eigenvalue weighted by Crippen LogP contribution is -2.51. The highest BCUT2D eigenvalue weighted by Gasteiger charge is 2.25. The fourth-order valence-electron chi connectivity index (χ4n) is 1.40. The standard InChI is InChI=1S/C11H7ClN2O3S/c12-6-1-2-8(15)5(3-6)4-7-9(16)13-11(18)14-10(7)17/h1-4,15H,(H2,13,14,16,17,18). The van der Waals surface area contributed by atoms with E-state index >= 15 is 0 Å². The summed E-state index contributed by atoms with van der Waals surface area (Å²) in [6, 6.07) is 4.31. The van der Waals surface area contributed by atoms with E-state index in [1.165, 1.54) is 24.3 Å². The highest BCUT2D eigenvalue weighted by Crippen LogP contribution is 2.24. The maximum Gasteiger partial charge on any atom is 0.263 e. The Balaban J connectivity index is 2.43. The molecule has 1 aromatic carbocycles. The summed E-state index contributed by atoms with van der Waals surface area (Å²) in [5, 5.41) is 14.5. The zero-order valence-corrected chi connectivity index (χ0v) is 10.4. The van der Waals surface area contributed by atoms with Crippen molar-refractivity contribution in [1.29, 1.82) is 0 Å². The number of phenols is 1. The molecule has 0 atom stereocenters. The molecule has 2 amide bonds. The number of hydrogen-bond donors (Lipinski definition) is 3. The summed E-state index contributed by atoms with van der Waals surface area (Å²) >= 11 is 10.4. The monoisotopic (exact) mass is 282 g/mol. The van der Waals surface area contributed by atoms with E-state index in [1.807, 2.05) is 0 Å². The summed E-state index contributed by atoms with van der Waals surface area (Å²) in [6.45, 7) is 0. The molecule has 1 fully saturated rings. The van der Waals surface area contributed by atoms with E-state index in [2.05, 4.69) is 22.9 Å². The van der Waals surface area contributed by atoms with Crippen LogP contribution in [-0.2, 0) is 9.59 Å². The first-order valence-corrected chi connectivity index (χ1v) is 5.63. The minimum atomic E-state index is -0.622. The van der Waals surface area contributed by atoms with Gasteiger partial charge >= 0.3 is 0 Å². The quantitative estimate of drug-likeness (QED) is 0.407. The molecule has 2 rings (SSSR count). The van der Waals surface area contributed by atoms with Gasteiger partial charge in [-0.3, -0.25) is 20.2 Å². The van der Waals surface area contributed by atoms with Crippen LogP contribution in [0, 0.1) is 0 Å². The lowest BCUT2D eigenvalue weighted by molar-refractivity contribution is -0.123. The van der Waals surface area contributed by atoms with Crippen LogP contribution in [0.4, 0.5) is 0 Å². The first-order valence-electron chi connectivity index (χ1n) is 4.84. The normalized spacial score (nSPS) is 15.2. The van der Waals surface area contributed by atoms with Gasteiger partial charge in [0.25, 0.3) is 11.8 Å². The molecule has 0 aromatic heterocycles. The van der Waals surface area contributed by atoms with Crippen molar-refractivity contribution >= 4 is 46.8 Å². The summed E-state index contributed by atoms with van der Waals surface area (Å²) in [4.78, 5) is 23.1. The number of amides is 2. The number of hydrogen-bond acceptors (Lipinski definition) is 4. The number of aromatic hydroxyl groups is 1. The lowest BCUT2D eigenvalue weighted by atomic mass is 10.1. The third kappa shape index (κ3) is 2.49. The number of thiocarbonyl (C=S) groups is 1. The first kappa shape index (κ1) is 12.5. The molecule has 92 valence electrons. The third-order valence-electron chi connectivity index (χ3n) is 2.23. The van der Waals surface area contributed by atoms with Crippen molar-refractivity contribution in [2.24, 2.45) is 0 Å². The minimum Gasteiger partial charge on any atom is -0.507 e. The Bertz CT molecular complexity index is 576.